The first-order valence-corrected chi connectivity index (χ1v) is 6.13. The van der Waals surface area contributed by atoms with E-state index in [9.17, 15) is 0 Å². The van der Waals surface area contributed by atoms with Crippen molar-refractivity contribution in [1.82, 2.24) is 14.6 Å². The summed E-state index contributed by atoms with van der Waals surface area (Å²) in [5.41, 5.74) is 7.42. The molecule has 3 aromatic rings. The number of hydrogen-bond acceptors (Lipinski definition) is 6. The van der Waals surface area contributed by atoms with Crippen LogP contribution in [-0.4, -0.2) is 21.4 Å². The molecule has 1 aromatic carbocycles. The SMILES string of the molecule is Nc1nn2cc(-c3ccc4c(c3)OCO4)nc2s1. The van der Waals surface area contributed by atoms with Gasteiger partial charge in [-0.1, -0.05) is 11.3 Å². The van der Waals surface area contributed by atoms with Crippen molar-refractivity contribution in [2.75, 3.05) is 12.5 Å². The molecule has 2 N–H and O–H groups in total. The molecular formula is C11H8N4O2S. The van der Waals surface area contributed by atoms with E-state index in [1.807, 2.05) is 24.4 Å². The lowest BCUT2D eigenvalue weighted by Gasteiger charge is -1.98. The predicted molar refractivity (Wildman–Crippen MR) is 66.8 cm³/mol. The van der Waals surface area contributed by atoms with Gasteiger partial charge >= 0.3 is 0 Å². The normalized spacial score (nSPS) is 13.3. The predicted octanol–water partition coefficient (Wildman–Crippen LogP) is 1.77. The largest absolute Gasteiger partial charge is 0.454 e. The van der Waals surface area contributed by atoms with Crippen LogP contribution in [0, 0.1) is 0 Å². The quantitative estimate of drug-likeness (QED) is 0.721. The Morgan fingerprint density at radius 1 is 1.28 bits per heavy atom. The van der Waals surface area contributed by atoms with E-state index in [4.69, 9.17) is 15.2 Å². The summed E-state index contributed by atoms with van der Waals surface area (Å²) >= 11 is 1.36. The standard InChI is InChI=1S/C11H8N4O2S/c12-10-14-15-4-7(13-11(15)18-10)6-1-2-8-9(3-6)17-5-16-8/h1-4H,5H2,(H2,12,14). The number of nitrogens with zero attached hydrogens (tertiary/aromatic N) is 3. The number of nitrogens with two attached hydrogens (primary N) is 1. The van der Waals surface area contributed by atoms with Crippen LogP contribution in [0.25, 0.3) is 16.2 Å². The van der Waals surface area contributed by atoms with Crippen LogP contribution in [0.1, 0.15) is 0 Å². The summed E-state index contributed by atoms with van der Waals surface area (Å²) in [7, 11) is 0. The van der Waals surface area contributed by atoms with Gasteiger partial charge in [0.25, 0.3) is 0 Å². The highest BCUT2D eigenvalue weighted by atomic mass is 32.1. The van der Waals surface area contributed by atoms with E-state index in [-0.39, 0.29) is 6.79 Å². The molecule has 3 heterocycles. The number of ether oxygens (including phenoxy) is 2. The van der Waals surface area contributed by atoms with Crippen molar-refractivity contribution in [2.24, 2.45) is 0 Å². The van der Waals surface area contributed by atoms with Crippen molar-refractivity contribution in [3.8, 4) is 22.8 Å². The minimum absolute atomic E-state index is 0.273. The molecule has 0 saturated carbocycles. The van der Waals surface area contributed by atoms with Crippen molar-refractivity contribution in [3.05, 3.63) is 24.4 Å². The third-order valence-electron chi connectivity index (χ3n) is 2.73. The number of hydrogen-bond donors (Lipinski definition) is 1. The molecule has 0 spiro atoms. The van der Waals surface area contributed by atoms with Crippen molar-refractivity contribution in [1.29, 1.82) is 0 Å². The first-order chi connectivity index (χ1) is 8.79. The molecule has 0 bridgehead atoms. The maximum absolute atomic E-state index is 5.61. The minimum atomic E-state index is 0.273. The first kappa shape index (κ1) is 9.72. The van der Waals surface area contributed by atoms with Crippen molar-refractivity contribution < 1.29 is 9.47 Å². The summed E-state index contributed by atoms with van der Waals surface area (Å²) in [6.07, 6.45) is 1.85. The van der Waals surface area contributed by atoms with E-state index in [2.05, 4.69) is 10.1 Å². The van der Waals surface area contributed by atoms with Crippen LogP contribution in [0.5, 0.6) is 11.5 Å². The van der Waals surface area contributed by atoms with Crippen LogP contribution in [-0.2, 0) is 0 Å². The summed E-state index contributed by atoms with van der Waals surface area (Å²) in [5.74, 6) is 1.51. The second kappa shape index (κ2) is 3.36. The van der Waals surface area contributed by atoms with E-state index < -0.39 is 0 Å². The molecule has 1 aliphatic heterocycles. The topological polar surface area (TPSA) is 74.7 Å². The number of imidazole rings is 1. The molecule has 90 valence electrons. The summed E-state index contributed by atoms with van der Waals surface area (Å²) < 4.78 is 12.3. The zero-order valence-corrected chi connectivity index (χ0v) is 9.98. The van der Waals surface area contributed by atoms with Gasteiger partial charge in [-0.25, -0.2) is 9.50 Å². The lowest BCUT2D eigenvalue weighted by molar-refractivity contribution is 0.174. The van der Waals surface area contributed by atoms with Gasteiger partial charge in [-0.05, 0) is 18.2 Å². The molecular weight excluding hydrogens is 252 g/mol. The summed E-state index contributed by atoms with van der Waals surface area (Å²) in [6, 6.07) is 5.74. The van der Waals surface area contributed by atoms with Crippen molar-refractivity contribution >= 4 is 21.4 Å². The van der Waals surface area contributed by atoms with E-state index in [1.54, 1.807) is 4.52 Å². The van der Waals surface area contributed by atoms with Gasteiger partial charge in [0.2, 0.25) is 16.9 Å². The van der Waals surface area contributed by atoms with Gasteiger partial charge in [0, 0.05) is 5.56 Å². The Morgan fingerprint density at radius 3 is 3.06 bits per heavy atom. The van der Waals surface area contributed by atoms with Crippen LogP contribution in [0.15, 0.2) is 24.4 Å². The monoisotopic (exact) mass is 260 g/mol. The van der Waals surface area contributed by atoms with Gasteiger partial charge in [0.15, 0.2) is 11.5 Å². The molecule has 0 atom stereocenters. The zero-order chi connectivity index (χ0) is 12.1. The molecule has 7 heteroatoms. The Balaban J connectivity index is 1.83. The van der Waals surface area contributed by atoms with E-state index >= 15 is 0 Å². The number of benzene rings is 1. The van der Waals surface area contributed by atoms with Crippen molar-refractivity contribution in [3.63, 3.8) is 0 Å². The van der Waals surface area contributed by atoms with Crippen molar-refractivity contribution in [2.45, 2.75) is 0 Å². The minimum Gasteiger partial charge on any atom is -0.454 e. The lowest BCUT2D eigenvalue weighted by Crippen LogP contribution is -1.92. The molecule has 0 fully saturated rings. The third kappa shape index (κ3) is 1.34. The fourth-order valence-electron chi connectivity index (χ4n) is 1.91. The summed E-state index contributed by atoms with van der Waals surface area (Å²) in [6.45, 7) is 0.273. The molecule has 4 rings (SSSR count). The Bertz CT molecular complexity index is 717. The van der Waals surface area contributed by atoms with Gasteiger partial charge in [0.05, 0.1) is 11.9 Å². The van der Waals surface area contributed by atoms with Gasteiger partial charge < -0.3 is 15.2 Å². The Hall–Kier alpha value is -2.28. The molecule has 0 aliphatic carbocycles. The highest BCUT2D eigenvalue weighted by molar-refractivity contribution is 7.20. The van der Waals surface area contributed by atoms with E-state index in [0.29, 0.717) is 5.13 Å². The number of fused-ring (bicyclic) bond motifs is 2. The van der Waals surface area contributed by atoms with E-state index in [0.717, 1.165) is 27.7 Å². The highest BCUT2D eigenvalue weighted by Gasteiger charge is 2.15. The molecule has 0 saturated heterocycles. The van der Waals surface area contributed by atoms with Crippen LogP contribution in [0.4, 0.5) is 5.13 Å². The summed E-state index contributed by atoms with van der Waals surface area (Å²) in [5, 5.41) is 4.64. The Morgan fingerprint density at radius 2 is 2.17 bits per heavy atom. The fourth-order valence-corrected chi connectivity index (χ4v) is 2.56. The fraction of sp³-hybridized carbons (Fsp3) is 0.0909. The smallest absolute Gasteiger partial charge is 0.231 e. The first-order valence-electron chi connectivity index (χ1n) is 5.31. The number of rotatable bonds is 1. The third-order valence-corrected chi connectivity index (χ3v) is 3.48. The van der Waals surface area contributed by atoms with E-state index in [1.165, 1.54) is 11.3 Å². The highest BCUT2D eigenvalue weighted by Crippen LogP contribution is 2.35. The average Bonchev–Trinajstić information content (AvgIpc) is 3.00. The number of anilines is 1. The average molecular weight is 260 g/mol. The molecule has 0 unspecified atom stereocenters. The lowest BCUT2D eigenvalue weighted by atomic mass is 10.1. The number of nitrogen functional groups attached to an aromatic ring is 1. The number of aromatic nitrogens is 3. The maximum Gasteiger partial charge on any atom is 0.231 e. The molecule has 0 amide bonds. The van der Waals surface area contributed by atoms with Gasteiger partial charge in [-0.15, -0.1) is 5.10 Å². The Kier molecular flexibility index (Phi) is 1.81. The Labute approximate surface area is 106 Å². The molecule has 0 radical (unpaired) electrons. The van der Waals surface area contributed by atoms with Crippen LogP contribution < -0.4 is 15.2 Å². The molecule has 6 nitrogen and oxygen atoms in total. The van der Waals surface area contributed by atoms with Crippen LogP contribution in [0.3, 0.4) is 0 Å². The maximum atomic E-state index is 5.61. The zero-order valence-electron chi connectivity index (χ0n) is 9.16. The molecule has 2 aromatic heterocycles. The van der Waals surface area contributed by atoms with Crippen LogP contribution >= 0.6 is 11.3 Å². The van der Waals surface area contributed by atoms with Gasteiger partial charge in [-0.2, -0.15) is 0 Å². The second-order valence-corrected chi connectivity index (χ2v) is 4.85. The molecule has 1 aliphatic rings. The summed E-state index contributed by atoms with van der Waals surface area (Å²) in [4.78, 5) is 5.25. The van der Waals surface area contributed by atoms with Crippen LogP contribution in [0.2, 0.25) is 0 Å². The molecule has 18 heavy (non-hydrogen) atoms. The second-order valence-electron chi connectivity index (χ2n) is 3.86. The van der Waals surface area contributed by atoms with Gasteiger partial charge in [-0.3, -0.25) is 0 Å². The van der Waals surface area contributed by atoms with Gasteiger partial charge in [0.1, 0.15) is 0 Å².